The van der Waals surface area contributed by atoms with Crippen molar-refractivity contribution in [3.05, 3.63) is 28.8 Å². The van der Waals surface area contributed by atoms with Crippen molar-refractivity contribution in [2.24, 2.45) is 5.92 Å². The Morgan fingerprint density at radius 1 is 1.35 bits per heavy atom. The van der Waals surface area contributed by atoms with Crippen molar-refractivity contribution in [1.29, 1.82) is 0 Å². The monoisotopic (exact) mass is 258 g/mol. The molecular weight excluding hydrogens is 240 g/mol. The van der Waals surface area contributed by atoms with Crippen LogP contribution in [0.15, 0.2) is 18.2 Å². The van der Waals surface area contributed by atoms with Crippen LogP contribution in [0.25, 0.3) is 0 Å². The van der Waals surface area contributed by atoms with Crippen molar-refractivity contribution in [2.75, 3.05) is 20.8 Å². The molecule has 0 aliphatic heterocycles. The molecule has 2 atom stereocenters. The molecule has 1 N–H and O–H groups in total. The highest BCUT2D eigenvalue weighted by Crippen LogP contribution is 2.25. The van der Waals surface area contributed by atoms with Gasteiger partial charge in [0.2, 0.25) is 0 Å². The number of rotatable bonds is 6. The van der Waals surface area contributed by atoms with Crippen molar-refractivity contribution in [3.63, 3.8) is 0 Å². The zero-order chi connectivity index (χ0) is 12.8. The Hall–Kier alpha value is -0.770. The van der Waals surface area contributed by atoms with Gasteiger partial charge in [-0.3, -0.25) is 0 Å². The molecule has 0 radical (unpaired) electrons. The second-order valence-corrected chi connectivity index (χ2v) is 4.60. The normalized spacial score (nSPS) is 14.4. The highest BCUT2D eigenvalue weighted by Gasteiger charge is 2.17. The van der Waals surface area contributed by atoms with E-state index in [4.69, 9.17) is 21.1 Å². The van der Waals surface area contributed by atoms with E-state index in [9.17, 15) is 5.11 Å². The van der Waals surface area contributed by atoms with Crippen molar-refractivity contribution >= 4 is 11.6 Å². The number of methoxy groups -OCH3 is 2. The molecular formula is C13H19ClO3. The molecule has 4 heteroatoms. The maximum Gasteiger partial charge on any atom is 0.122 e. The molecule has 0 aliphatic rings. The summed E-state index contributed by atoms with van der Waals surface area (Å²) in [4.78, 5) is 0. The fourth-order valence-electron chi connectivity index (χ4n) is 1.71. The number of aliphatic hydroxyl groups is 1. The lowest BCUT2D eigenvalue weighted by atomic mass is 9.98. The Morgan fingerprint density at radius 3 is 2.65 bits per heavy atom. The molecule has 0 heterocycles. The summed E-state index contributed by atoms with van der Waals surface area (Å²) in [7, 11) is 3.24. The Balaban J connectivity index is 2.76. The molecule has 1 aromatic carbocycles. The van der Waals surface area contributed by atoms with Gasteiger partial charge in [0.25, 0.3) is 0 Å². The van der Waals surface area contributed by atoms with E-state index in [-0.39, 0.29) is 5.92 Å². The minimum atomic E-state index is -0.470. The first kappa shape index (κ1) is 14.3. The molecule has 3 nitrogen and oxygen atoms in total. The van der Waals surface area contributed by atoms with Crippen LogP contribution < -0.4 is 4.74 Å². The van der Waals surface area contributed by atoms with Gasteiger partial charge in [-0.1, -0.05) is 18.5 Å². The topological polar surface area (TPSA) is 38.7 Å². The third kappa shape index (κ3) is 4.19. The maximum atomic E-state index is 10.0. The molecule has 1 aromatic rings. The quantitative estimate of drug-likeness (QED) is 0.852. The number of benzene rings is 1. The van der Waals surface area contributed by atoms with Crippen molar-refractivity contribution in [3.8, 4) is 5.75 Å². The second kappa shape index (κ2) is 6.84. The van der Waals surface area contributed by atoms with Gasteiger partial charge in [-0.2, -0.15) is 0 Å². The fourth-order valence-corrected chi connectivity index (χ4v) is 1.90. The van der Waals surface area contributed by atoms with Crippen LogP contribution in [0.2, 0.25) is 5.02 Å². The summed E-state index contributed by atoms with van der Waals surface area (Å²) in [6.07, 6.45) is 0.0381. The van der Waals surface area contributed by atoms with E-state index in [1.165, 1.54) is 0 Å². The minimum absolute atomic E-state index is 0.0729. The molecule has 2 unspecified atom stereocenters. The summed E-state index contributed by atoms with van der Waals surface area (Å²) in [5.74, 6) is 0.821. The van der Waals surface area contributed by atoms with E-state index >= 15 is 0 Å². The second-order valence-electron chi connectivity index (χ2n) is 4.16. The summed E-state index contributed by atoms with van der Waals surface area (Å²) in [6, 6.07) is 5.41. The highest BCUT2D eigenvalue weighted by molar-refractivity contribution is 6.30. The first-order valence-corrected chi connectivity index (χ1v) is 5.95. The van der Waals surface area contributed by atoms with E-state index in [0.29, 0.717) is 18.1 Å². The van der Waals surface area contributed by atoms with E-state index in [1.807, 2.05) is 19.1 Å². The highest BCUT2D eigenvalue weighted by atomic mass is 35.5. The molecule has 17 heavy (non-hydrogen) atoms. The van der Waals surface area contributed by atoms with Crippen LogP contribution in [-0.2, 0) is 11.2 Å². The van der Waals surface area contributed by atoms with Gasteiger partial charge in [-0.25, -0.2) is 0 Å². The molecule has 0 saturated carbocycles. The Kier molecular flexibility index (Phi) is 5.75. The largest absolute Gasteiger partial charge is 0.496 e. The summed E-state index contributed by atoms with van der Waals surface area (Å²) in [5, 5.41) is 10.7. The Morgan fingerprint density at radius 2 is 2.06 bits per heavy atom. The van der Waals surface area contributed by atoms with E-state index < -0.39 is 6.10 Å². The Bertz CT molecular complexity index is 355. The van der Waals surface area contributed by atoms with Gasteiger partial charge < -0.3 is 14.6 Å². The van der Waals surface area contributed by atoms with E-state index in [2.05, 4.69) is 0 Å². The molecule has 0 saturated heterocycles. The van der Waals surface area contributed by atoms with Crippen LogP contribution >= 0.6 is 11.6 Å². The molecule has 0 fully saturated rings. The number of ether oxygens (including phenoxy) is 2. The third-order valence-corrected chi connectivity index (χ3v) is 2.99. The van der Waals surface area contributed by atoms with Gasteiger partial charge in [-0.05, 0) is 23.8 Å². The lowest BCUT2D eigenvalue weighted by molar-refractivity contribution is 0.0571. The molecule has 0 aromatic heterocycles. The zero-order valence-electron chi connectivity index (χ0n) is 10.4. The van der Waals surface area contributed by atoms with Gasteiger partial charge in [0.15, 0.2) is 0 Å². The fraction of sp³-hybridized carbons (Fsp3) is 0.538. The van der Waals surface area contributed by atoms with Crippen molar-refractivity contribution in [1.82, 2.24) is 0 Å². The molecule has 1 rings (SSSR count). The van der Waals surface area contributed by atoms with Crippen molar-refractivity contribution < 1.29 is 14.6 Å². The number of aliphatic hydroxyl groups excluding tert-OH is 1. The molecule has 0 spiro atoms. The number of halogens is 1. The lowest BCUT2D eigenvalue weighted by Gasteiger charge is -2.19. The first-order valence-electron chi connectivity index (χ1n) is 5.58. The average molecular weight is 259 g/mol. The summed E-state index contributed by atoms with van der Waals surface area (Å²) >= 11 is 5.94. The standard InChI is InChI=1S/C13H19ClO3/c1-9(8-16-2)12(15)7-10-6-11(14)4-5-13(10)17-3/h4-6,9,12,15H,7-8H2,1-3H3. The zero-order valence-corrected chi connectivity index (χ0v) is 11.2. The molecule has 0 bridgehead atoms. The van der Waals surface area contributed by atoms with Crippen LogP contribution in [0.5, 0.6) is 5.75 Å². The predicted molar refractivity (Wildman–Crippen MR) is 68.8 cm³/mol. The molecule has 0 aliphatic carbocycles. The molecule has 96 valence electrons. The van der Waals surface area contributed by atoms with E-state index in [0.717, 1.165) is 11.3 Å². The number of hydrogen-bond donors (Lipinski definition) is 1. The lowest BCUT2D eigenvalue weighted by Crippen LogP contribution is -2.24. The molecule has 0 amide bonds. The third-order valence-electron chi connectivity index (χ3n) is 2.76. The van der Waals surface area contributed by atoms with Crippen molar-refractivity contribution in [2.45, 2.75) is 19.4 Å². The summed E-state index contributed by atoms with van der Waals surface area (Å²) < 4.78 is 10.3. The summed E-state index contributed by atoms with van der Waals surface area (Å²) in [5.41, 5.74) is 0.912. The van der Waals surface area contributed by atoms with Gasteiger partial charge in [0.1, 0.15) is 5.75 Å². The van der Waals surface area contributed by atoms with Gasteiger partial charge in [-0.15, -0.1) is 0 Å². The van der Waals surface area contributed by atoms with Gasteiger partial charge in [0, 0.05) is 24.5 Å². The number of hydrogen-bond acceptors (Lipinski definition) is 3. The van der Waals surface area contributed by atoms with Crippen LogP contribution in [0.4, 0.5) is 0 Å². The maximum absolute atomic E-state index is 10.0. The average Bonchev–Trinajstić information content (AvgIpc) is 2.29. The van der Waals surface area contributed by atoms with Crippen LogP contribution in [-0.4, -0.2) is 32.0 Å². The first-order chi connectivity index (χ1) is 8.08. The SMILES string of the molecule is COCC(C)C(O)Cc1cc(Cl)ccc1OC. The van der Waals surface area contributed by atoms with E-state index in [1.54, 1.807) is 20.3 Å². The van der Waals surface area contributed by atoms with Gasteiger partial charge in [0.05, 0.1) is 19.8 Å². The summed E-state index contributed by atoms with van der Waals surface area (Å²) in [6.45, 7) is 2.48. The van der Waals surface area contributed by atoms with Crippen LogP contribution in [0.3, 0.4) is 0 Å². The van der Waals surface area contributed by atoms with Crippen LogP contribution in [0, 0.1) is 5.92 Å². The van der Waals surface area contributed by atoms with Gasteiger partial charge >= 0.3 is 0 Å². The predicted octanol–water partition coefficient (Wildman–Crippen LogP) is 2.53. The minimum Gasteiger partial charge on any atom is -0.496 e. The Labute approximate surface area is 107 Å². The smallest absolute Gasteiger partial charge is 0.122 e. The van der Waals surface area contributed by atoms with Crippen LogP contribution in [0.1, 0.15) is 12.5 Å².